The van der Waals surface area contributed by atoms with Crippen LogP contribution in [0.5, 0.6) is 0 Å². The number of hydrogen-bond acceptors (Lipinski definition) is 2. The Morgan fingerprint density at radius 3 is 2.21 bits per heavy atom. The van der Waals surface area contributed by atoms with Crippen LogP contribution in [0.4, 0.5) is 0 Å². The van der Waals surface area contributed by atoms with Crippen molar-refractivity contribution in [1.29, 1.82) is 0 Å². The first-order valence-electron chi connectivity index (χ1n) is 7.38. The molecule has 4 nitrogen and oxygen atoms in total. The largest absolute Gasteiger partial charge is 0.481 e. The number of hydrogen-bond donors (Lipinski definition) is 2. The zero-order valence-electron chi connectivity index (χ0n) is 12.0. The second-order valence-corrected chi connectivity index (χ2v) is 6.99. The van der Waals surface area contributed by atoms with Gasteiger partial charge in [-0.25, -0.2) is 0 Å². The fourth-order valence-electron chi connectivity index (χ4n) is 3.22. The van der Waals surface area contributed by atoms with Crippen molar-refractivity contribution in [3.05, 3.63) is 0 Å². The van der Waals surface area contributed by atoms with Crippen LogP contribution < -0.4 is 5.32 Å². The lowest BCUT2D eigenvalue weighted by atomic mass is 9.66. The summed E-state index contributed by atoms with van der Waals surface area (Å²) in [4.78, 5) is 23.2. The number of aliphatic carboxylic acids is 1. The van der Waals surface area contributed by atoms with Crippen LogP contribution in [0, 0.1) is 16.7 Å². The van der Waals surface area contributed by atoms with E-state index in [4.69, 9.17) is 0 Å². The van der Waals surface area contributed by atoms with Gasteiger partial charge in [0.05, 0.1) is 5.41 Å². The topological polar surface area (TPSA) is 66.4 Å². The highest BCUT2D eigenvalue weighted by Gasteiger charge is 2.47. The second-order valence-electron chi connectivity index (χ2n) is 6.99. The molecular formula is C15H25NO3. The molecule has 108 valence electrons. The molecule has 0 atom stereocenters. The van der Waals surface area contributed by atoms with Crippen molar-refractivity contribution in [1.82, 2.24) is 5.32 Å². The van der Waals surface area contributed by atoms with E-state index in [0.29, 0.717) is 24.2 Å². The van der Waals surface area contributed by atoms with E-state index in [1.165, 1.54) is 12.8 Å². The molecule has 2 aliphatic rings. The molecule has 2 N–H and O–H groups in total. The Balaban J connectivity index is 1.78. The fraction of sp³-hybridized carbons (Fsp3) is 0.867. The van der Waals surface area contributed by atoms with Crippen molar-refractivity contribution in [2.24, 2.45) is 16.7 Å². The summed E-state index contributed by atoms with van der Waals surface area (Å²) in [6.07, 6.45) is 5.90. The van der Waals surface area contributed by atoms with Gasteiger partial charge in [-0.3, -0.25) is 9.59 Å². The quantitative estimate of drug-likeness (QED) is 0.745. The Labute approximate surface area is 115 Å². The molecule has 0 aromatic rings. The molecule has 0 bridgehead atoms. The molecule has 0 spiro atoms. The summed E-state index contributed by atoms with van der Waals surface area (Å²) in [5.74, 6) is -0.245. The van der Waals surface area contributed by atoms with E-state index in [9.17, 15) is 14.7 Å². The molecule has 0 aromatic carbocycles. The number of carboxylic acids is 1. The molecule has 4 heteroatoms. The van der Waals surface area contributed by atoms with Gasteiger partial charge in [0, 0.05) is 13.0 Å². The molecule has 0 unspecified atom stereocenters. The lowest BCUT2D eigenvalue weighted by Gasteiger charge is -2.37. The maximum Gasteiger partial charge on any atom is 0.310 e. The van der Waals surface area contributed by atoms with Gasteiger partial charge in [-0.1, -0.05) is 20.3 Å². The van der Waals surface area contributed by atoms with Crippen LogP contribution in [-0.4, -0.2) is 23.5 Å². The number of amides is 1. The minimum absolute atomic E-state index is 0.0860. The lowest BCUT2D eigenvalue weighted by molar-refractivity contribution is -0.157. The monoisotopic (exact) mass is 267 g/mol. The Morgan fingerprint density at radius 1 is 1.21 bits per heavy atom. The lowest BCUT2D eigenvalue weighted by Crippen LogP contribution is -2.43. The van der Waals surface area contributed by atoms with Gasteiger partial charge >= 0.3 is 5.97 Å². The van der Waals surface area contributed by atoms with Gasteiger partial charge in [0.1, 0.15) is 0 Å². The fourth-order valence-corrected chi connectivity index (χ4v) is 3.22. The average molecular weight is 267 g/mol. The van der Waals surface area contributed by atoms with Gasteiger partial charge < -0.3 is 10.4 Å². The third-order valence-corrected chi connectivity index (χ3v) is 4.72. The van der Waals surface area contributed by atoms with E-state index in [1.807, 2.05) is 0 Å². The summed E-state index contributed by atoms with van der Waals surface area (Å²) in [6.45, 7) is 5.13. The Hall–Kier alpha value is -1.06. The van der Waals surface area contributed by atoms with E-state index >= 15 is 0 Å². The van der Waals surface area contributed by atoms with E-state index in [0.717, 1.165) is 19.4 Å². The molecule has 0 heterocycles. The molecule has 0 aromatic heterocycles. The minimum atomic E-state index is -0.808. The predicted molar refractivity (Wildman–Crippen MR) is 72.7 cm³/mol. The maximum atomic E-state index is 11.9. The number of rotatable bonds is 7. The first-order valence-corrected chi connectivity index (χ1v) is 7.38. The standard InChI is InChI=1S/C15H25NO3/c1-11(2)8-14(6-7-14)10-16-12(17)9-15(13(18)19)4-3-5-15/h11H,3-10H2,1-2H3,(H,16,17)(H,18,19). The van der Waals surface area contributed by atoms with Gasteiger partial charge in [0.25, 0.3) is 0 Å². The number of carbonyl (C=O) groups excluding carboxylic acids is 1. The van der Waals surface area contributed by atoms with Crippen molar-refractivity contribution >= 4 is 11.9 Å². The molecule has 1 amide bonds. The summed E-state index contributed by atoms with van der Waals surface area (Å²) < 4.78 is 0. The van der Waals surface area contributed by atoms with Crippen LogP contribution in [-0.2, 0) is 9.59 Å². The number of carboxylic acid groups (broad SMARTS) is 1. The summed E-state index contributed by atoms with van der Waals surface area (Å²) in [7, 11) is 0. The normalized spacial score (nSPS) is 22.7. The maximum absolute atomic E-state index is 11.9. The smallest absolute Gasteiger partial charge is 0.310 e. The summed E-state index contributed by atoms with van der Waals surface area (Å²) >= 11 is 0. The van der Waals surface area contributed by atoms with Gasteiger partial charge in [0.15, 0.2) is 0 Å². The second kappa shape index (κ2) is 5.14. The Morgan fingerprint density at radius 2 is 1.84 bits per heavy atom. The summed E-state index contributed by atoms with van der Waals surface area (Å²) in [6, 6.07) is 0. The zero-order chi connectivity index (χ0) is 14.1. The van der Waals surface area contributed by atoms with Crippen LogP contribution >= 0.6 is 0 Å². The summed E-state index contributed by atoms with van der Waals surface area (Å²) in [5, 5.41) is 12.2. The highest BCUT2D eigenvalue weighted by atomic mass is 16.4. The molecule has 2 fully saturated rings. The SMILES string of the molecule is CC(C)CC1(CNC(=O)CC2(C(=O)O)CCC2)CC1. The molecule has 2 saturated carbocycles. The third-order valence-electron chi connectivity index (χ3n) is 4.72. The van der Waals surface area contributed by atoms with Gasteiger partial charge in [0.2, 0.25) is 5.91 Å². The Kier molecular flexibility index (Phi) is 3.88. The van der Waals surface area contributed by atoms with E-state index in [2.05, 4.69) is 19.2 Å². The molecular weight excluding hydrogens is 242 g/mol. The van der Waals surface area contributed by atoms with Crippen molar-refractivity contribution in [2.45, 2.75) is 58.8 Å². The van der Waals surface area contributed by atoms with Crippen LogP contribution in [0.3, 0.4) is 0 Å². The van der Waals surface area contributed by atoms with E-state index in [1.54, 1.807) is 0 Å². The van der Waals surface area contributed by atoms with Crippen molar-refractivity contribution < 1.29 is 14.7 Å². The zero-order valence-corrected chi connectivity index (χ0v) is 12.0. The minimum Gasteiger partial charge on any atom is -0.481 e. The highest BCUT2D eigenvalue weighted by Crippen LogP contribution is 2.50. The summed E-state index contributed by atoms with van der Waals surface area (Å²) in [5.41, 5.74) is -0.460. The number of carbonyl (C=O) groups is 2. The van der Waals surface area contributed by atoms with Crippen molar-refractivity contribution in [3.63, 3.8) is 0 Å². The first kappa shape index (κ1) is 14.4. The average Bonchev–Trinajstić information content (AvgIpc) is 2.99. The van der Waals surface area contributed by atoms with E-state index < -0.39 is 11.4 Å². The Bertz CT molecular complexity index is 368. The molecule has 19 heavy (non-hydrogen) atoms. The van der Waals surface area contributed by atoms with Crippen LogP contribution in [0.1, 0.15) is 58.8 Å². The van der Waals surface area contributed by atoms with Gasteiger partial charge in [-0.05, 0) is 43.4 Å². The van der Waals surface area contributed by atoms with E-state index in [-0.39, 0.29) is 12.3 Å². The molecule has 0 aliphatic heterocycles. The molecule has 0 radical (unpaired) electrons. The molecule has 0 saturated heterocycles. The van der Waals surface area contributed by atoms with Crippen molar-refractivity contribution in [2.75, 3.05) is 6.54 Å². The van der Waals surface area contributed by atoms with Crippen LogP contribution in [0.15, 0.2) is 0 Å². The first-order chi connectivity index (χ1) is 8.88. The van der Waals surface area contributed by atoms with Gasteiger partial charge in [-0.15, -0.1) is 0 Å². The molecule has 2 rings (SSSR count). The predicted octanol–water partition coefficient (Wildman–Crippen LogP) is 2.57. The van der Waals surface area contributed by atoms with Crippen LogP contribution in [0.25, 0.3) is 0 Å². The number of nitrogens with one attached hydrogen (secondary N) is 1. The third kappa shape index (κ3) is 3.28. The molecule has 2 aliphatic carbocycles. The highest BCUT2D eigenvalue weighted by molar-refractivity contribution is 5.85. The van der Waals surface area contributed by atoms with Crippen molar-refractivity contribution in [3.8, 4) is 0 Å². The van der Waals surface area contributed by atoms with Gasteiger partial charge in [-0.2, -0.15) is 0 Å². The van der Waals surface area contributed by atoms with Crippen LogP contribution in [0.2, 0.25) is 0 Å².